The van der Waals surface area contributed by atoms with Crippen molar-refractivity contribution in [2.24, 2.45) is 5.92 Å². The number of carbonyl (C=O) groups is 1. The van der Waals surface area contributed by atoms with Crippen molar-refractivity contribution >= 4 is 11.9 Å². The largest absolute Gasteiger partial charge is 0.378 e. The summed E-state index contributed by atoms with van der Waals surface area (Å²) in [6.45, 7) is 8.42. The first-order chi connectivity index (χ1) is 14.1. The third-order valence-electron chi connectivity index (χ3n) is 5.63. The Hall–Kier alpha value is -2.61. The number of likely N-dealkylation sites (tertiary alicyclic amines) is 1. The Kier molecular flexibility index (Phi) is 5.99. The van der Waals surface area contributed by atoms with Gasteiger partial charge in [0.25, 0.3) is 0 Å². The third-order valence-corrected chi connectivity index (χ3v) is 5.63. The molecule has 2 aliphatic heterocycles. The van der Waals surface area contributed by atoms with Gasteiger partial charge in [-0.1, -0.05) is 13.8 Å². The van der Waals surface area contributed by atoms with Crippen LogP contribution in [0.5, 0.6) is 0 Å². The lowest BCUT2D eigenvalue weighted by atomic mass is 9.89. The summed E-state index contributed by atoms with van der Waals surface area (Å²) in [6.07, 6.45) is 8.79. The van der Waals surface area contributed by atoms with Gasteiger partial charge >= 0.3 is 0 Å². The average Bonchev–Trinajstić information content (AvgIpc) is 2.79. The molecule has 4 rings (SSSR count). The fourth-order valence-corrected chi connectivity index (χ4v) is 3.99. The van der Waals surface area contributed by atoms with Gasteiger partial charge in [0.15, 0.2) is 0 Å². The highest BCUT2D eigenvalue weighted by Crippen LogP contribution is 2.34. The molecule has 2 fully saturated rings. The Morgan fingerprint density at radius 2 is 1.83 bits per heavy atom. The molecule has 2 aliphatic rings. The first-order valence-corrected chi connectivity index (χ1v) is 10.4. The Balaban J connectivity index is 1.62. The molecule has 0 aromatic carbocycles. The van der Waals surface area contributed by atoms with E-state index in [9.17, 15) is 4.79 Å². The van der Waals surface area contributed by atoms with Gasteiger partial charge in [-0.2, -0.15) is 0 Å². The number of hydrogen-bond donors (Lipinski definition) is 0. The van der Waals surface area contributed by atoms with E-state index in [4.69, 9.17) is 9.72 Å². The zero-order valence-corrected chi connectivity index (χ0v) is 17.1. The molecule has 0 aliphatic carbocycles. The standard InChI is InChI=1S/C21H28N6O2/c1-15(2)20(28)26-7-3-16(4-8-26)19-17(18-14-22-5-6-23-18)13-24-21(25-19)27-9-11-29-12-10-27/h5-6,13-16H,3-4,7-12H2,1-2H3. The molecule has 2 aromatic rings. The van der Waals surface area contributed by atoms with Crippen LogP contribution in [0.2, 0.25) is 0 Å². The zero-order valence-electron chi connectivity index (χ0n) is 17.1. The van der Waals surface area contributed by atoms with Crippen LogP contribution < -0.4 is 4.90 Å². The minimum atomic E-state index is 0.0358. The first kappa shape index (κ1) is 19.7. The quantitative estimate of drug-likeness (QED) is 0.783. The molecule has 8 heteroatoms. The van der Waals surface area contributed by atoms with E-state index < -0.39 is 0 Å². The van der Waals surface area contributed by atoms with Gasteiger partial charge in [-0.25, -0.2) is 9.97 Å². The van der Waals surface area contributed by atoms with Gasteiger partial charge in [-0.15, -0.1) is 0 Å². The van der Waals surface area contributed by atoms with Gasteiger partial charge in [0.05, 0.1) is 30.8 Å². The molecule has 154 valence electrons. The normalized spacial score (nSPS) is 18.3. The highest BCUT2D eigenvalue weighted by Gasteiger charge is 2.29. The van der Waals surface area contributed by atoms with Crippen LogP contribution in [-0.4, -0.2) is 70.1 Å². The van der Waals surface area contributed by atoms with E-state index in [-0.39, 0.29) is 17.7 Å². The van der Waals surface area contributed by atoms with Crippen molar-refractivity contribution in [3.8, 4) is 11.3 Å². The summed E-state index contributed by atoms with van der Waals surface area (Å²) < 4.78 is 5.46. The summed E-state index contributed by atoms with van der Waals surface area (Å²) in [5, 5.41) is 0. The maximum absolute atomic E-state index is 12.4. The van der Waals surface area contributed by atoms with Crippen LogP contribution in [0, 0.1) is 5.92 Å². The molecule has 2 aromatic heterocycles. The lowest BCUT2D eigenvalue weighted by Gasteiger charge is -2.34. The van der Waals surface area contributed by atoms with Crippen molar-refractivity contribution < 1.29 is 9.53 Å². The van der Waals surface area contributed by atoms with E-state index in [2.05, 4.69) is 19.9 Å². The molecule has 4 heterocycles. The van der Waals surface area contributed by atoms with Crippen LogP contribution in [0.3, 0.4) is 0 Å². The second-order valence-corrected chi connectivity index (χ2v) is 7.91. The van der Waals surface area contributed by atoms with Crippen molar-refractivity contribution in [1.29, 1.82) is 0 Å². The van der Waals surface area contributed by atoms with Gasteiger partial charge in [0, 0.05) is 62.2 Å². The maximum atomic E-state index is 12.4. The molecule has 0 bridgehead atoms. The Morgan fingerprint density at radius 1 is 1.07 bits per heavy atom. The monoisotopic (exact) mass is 396 g/mol. The summed E-state index contributed by atoms with van der Waals surface area (Å²) in [6, 6.07) is 0. The van der Waals surface area contributed by atoms with Crippen molar-refractivity contribution in [3.05, 3.63) is 30.5 Å². The van der Waals surface area contributed by atoms with E-state index in [0.717, 1.165) is 61.9 Å². The van der Waals surface area contributed by atoms with Crippen molar-refractivity contribution in [1.82, 2.24) is 24.8 Å². The summed E-state index contributed by atoms with van der Waals surface area (Å²) >= 11 is 0. The molecule has 0 unspecified atom stereocenters. The number of carbonyl (C=O) groups excluding carboxylic acids is 1. The molecule has 0 radical (unpaired) electrons. The van der Waals surface area contributed by atoms with E-state index in [1.54, 1.807) is 18.6 Å². The highest BCUT2D eigenvalue weighted by atomic mass is 16.5. The van der Waals surface area contributed by atoms with Crippen molar-refractivity contribution in [2.75, 3.05) is 44.3 Å². The van der Waals surface area contributed by atoms with E-state index in [1.165, 1.54) is 0 Å². The smallest absolute Gasteiger partial charge is 0.225 e. The number of rotatable bonds is 4. The second kappa shape index (κ2) is 8.82. The minimum Gasteiger partial charge on any atom is -0.378 e. The lowest BCUT2D eigenvalue weighted by Crippen LogP contribution is -2.40. The van der Waals surface area contributed by atoms with Crippen LogP contribution in [-0.2, 0) is 9.53 Å². The first-order valence-electron chi connectivity index (χ1n) is 10.4. The summed E-state index contributed by atoms with van der Waals surface area (Å²) in [5.74, 6) is 1.28. The molecule has 0 saturated carbocycles. The predicted octanol–water partition coefficient (Wildman–Crippen LogP) is 2.13. The number of morpholine rings is 1. The van der Waals surface area contributed by atoms with Gasteiger partial charge < -0.3 is 14.5 Å². The summed E-state index contributed by atoms with van der Waals surface area (Å²) in [7, 11) is 0. The van der Waals surface area contributed by atoms with Gasteiger partial charge in [0.1, 0.15) is 0 Å². The number of aromatic nitrogens is 4. The fraction of sp³-hybridized carbons (Fsp3) is 0.571. The summed E-state index contributed by atoms with van der Waals surface area (Å²) in [5.41, 5.74) is 2.74. The molecule has 1 amide bonds. The zero-order chi connectivity index (χ0) is 20.2. The van der Waals surface area contributed by atoms with Crippen LogP contribution in [0.4, 0.5) is 5.95 Å². The molecule has 2 saturated heterocycles. The van der Waals surface area contributed by atoms with Crippen molar-refractivity contribution in [3.63, 3.8) is 0 Å². The number of ether oxygens (including phenoxy) is 1. The van der Waals surface area contributed by atoms with Crippen LogP contribution in [0.15, 0.2) is 24.8 Å². The number of nitrogens with zero attached hydrogens (tertiary/aromatic N) is 6. The molecule has 29 heavy (non-hydrogen) atoms. The van der Waals surface area contributed by atoms with E-state index >= 15 is 0 Å². The fourth-order valence-electron chi connectivity index (χ4n) is 3.99. The number of amides is 1. The van der Waals surface area contributed by atoms with Gasteiger partial charge in [0.2, 0.25) is 11.9 Å². The van der Waals surface area contributed by atoms with Crippen LogP contribution in [0.1, 0.15) is 38.3 Å². The minimum absolute atomic E-state index is 0.0358. The van der Waals surface area contributed by atoms with Crippen molar-refractivity contribution in [2.45, 2.75) is 32.6 Å². The second-order valence-electron chi connectivity index (χ2n) is 7.91. The summed E-state index contributed by atoms with van der Waals surface area (Å²) in [4.78, 5) is 34.8. The predicted molar refractivity (Wildman–Crippen MR) is 109 cm³/mol. The SMILES string of the molecule is CC(C)C(=O)N1CCC(c2nc(N3CCOCC3)ncc2-c2cnccn2)CC1. The van der Waals surface area contributed by atoms with E-state index in [1.807, 2.05) is 24.9 Å². The molecular weight excluding hydrogens is 368 g/mol. The lowest BCUT2D eigenvalue weighted by molar-refractivity contribution is -0.135. The Bertz CT molecular complexity index is 830. The van der Waals surface area contributed by atoms with Gasteiger partial charge in [-0.3, -0.25) is 14.8 Å². The Labute approximate surface area is 171 Å². The Morgan fingerprint density at radius 3 is 2.48 bits per heavy atom. The highest BCUT2D eigenvalue weighted by molar-refractivity contribution is 5.78. The topological polar surface area (TPSA) is 84.3 Å². The molecular formula is C21H28N6O2. The number of anilines is 1. The molecule has 8 nitrogen and oxygen atoms in total. The molecule has 0 atom stereocenters. The van der Waals surface area contributed by atoms with E-state index in [0.29, 0.717) is 13.2 Å². The van der Waals surface area contributed by atoms with Crippen LogP contribution in [0.25, 0.3) is 11.3 Å². The van der Waals surface area contributed by atoms with Gasteiger partial charge in [-0.05, 0) is 12.8 Å². The van der Waals surface area contributed by atoms with Crippen LogP contribution >= 0.6 is 0 Å². The average molecular weight is 396 g/mol. The third kappa shape index (κ3) is 4.37. The maximum Gasteiger partial charge on any atom is 0.225 e. The number of piperidine rings is 1. The molecule has 0 spiro atoms. The number of hydrogen-bond acceptors (Lipinski definition) is 7. The molecule has 0 N–H and O–H groups in total.